The van der Waals surface area contributed by atoms with Gasteiger partial charge in [0.05, 0.1) is 10.7 Å². The number of nitrogens with zero attached hydrogens (tertiary/aromatic N) is 1. The number of amides is 4. The van der Waals surface area contributed by atoms with Gasteiger partial charge in [0, 0.05) is 4.47 Å². The lowest BCUT2D eigenvalue weighted by Crippen LogP contribution is -2.63. The molecule has 1 aromatic rings. The van der Waals surface area contributed by atoms with Crippen LogP contribution in [0.1, 0.15) is 25.7 Å². The largest absolute Gasteiger partial charge is 0.335 e. The maximum atomic E-state index is 12.8. The third kappa shape index (κ3) is 2.17. The van der Waals surface area contributed by atoms with E-state index in [-0.39, 0.29) is 0 Å². The molecule has 21 heavy (non-hydrogen) atoms. The summed E-state index contributed by atoms with van der Waals surface area (Å²) >= 11 is 9.29. The van der Waals surface area contributed by atoms with Gasteiger partial charge in [0.15, 0.2) is 0 Å². The van der Waals surface area contributed by atoms with Gasteiger partial charge in [-0.05, 0) is 47.0 Å². The van der Waals surface area contributed by atoms with Gasteiger partial charge in [0.25, 0.3) is 5.91 Å². The van der Waals surface area contributed by atoms with Gasteiger partial charge in [-0.25, -0.2) is 9.69 Å². The van der Waals surface area contributed by atoms with Gasteiger partial charge in [0.2, 0.25) is 5.91 Å². The number of halogens is 2. The van der Waals surface area contributed by atoms with E-state index < -0.39 is 23.3 Å². The molecular weight excluding hydrogens is 360 g/mol. The van der Waals surface area contributed by atoms with Crippen molar-refractivity contribution >= 4 is 51.1 Å². The van der Waals surface area contributed by atoms with E-state index in [1.54, 1.807) is 12.1 Å². The molecule has 1 saturated heterocycles. The van der Waals surface area contributed by atoms with Gasteiger partial charge in [0.1, 0.15) is 5.41 Å². The molecular formula is C14H12BrClN2O3. The number of hydrogen-bond acceptors (Lipinski definition) is 3. The van der Waals surface area contributed by atoms with Crippen molar-refractivity contribution in [3.8, 4) is 0 Å². The zero-order valence-electron chi connectivity index (χ0n) is 11.0. The number of rotatable bonds is 1. The molecule has 3 rings (SSSR count). The lowest BCUT2D eigenvalue weighted by molar-refractivity contribution is -0.142. The third-order valence-corrected chi connectivity index (χ3v) is 5.32. The second-order valence-corrected chi connectivity index (χ2v) is 6.55. The molecule has 1 aliphatic carbocycles. The number of anilines is 1. The molecule has 0 bridgehead atoms. The minimum Gasteiger partial charge on any atom is -0.276 e. The highest BCUT2D eigenvalue weighted by Gasteiger charge is 2.55. The quantitative estimate of drug-likeness (QED) is 0.771. The fraction of sp³-hybridized carbons (Fsp3) is 0.357. The molecule has 0 aromatic heterocycles. The van der Waals surface area contributed by atoms with Crippen LogP contribution in [0.15, 0.2) is 22.7 Å². The molecule has 1 spiro atoms. The highest BCUT2D eigenvalue weighted by Crippen LogP contribution is 2.43. The van der Waals surface area contributed by atoms with E-state index >= 15 is 0 Å². The fourth-order valence-corrected chi connectivity index (χ4v) is 3.38. The Balaban J connectivity index is 2.04. The molecule has 2 fully saturated rings. The first-order valence-corrected chi connectivity index (χ1v) is 7.78. The van der Waals surface area contributed by atoms with Crippen molar-refractivity contribution in [2.24, 2.45) is 5.41 Å². The van der Waals surface area contributed by atoms with Crippen LogP contribution in [0.4, 0.5) is 10.5 Å². The van der Waals surface area contributed by atoms with Gasteiger partial charge < -0.3 is 0 Å². The van der Waals surface area contributed by atoms with Crippen LogP contribution in [0, 0.1) is 5.41 Å². The van der Waals surface area contributed by atoms with E-state index in [9.17, 15) is 14.4 Å². The Morgan fingerprint density at radius 3 is 2.48 bits per heavy atom. The van der Waals surface area contributed by atoms with E-state index in [0.29, 0.717) is 28.0 Å². The number of barbiturate groups is 1. The predicted molar refractivity (Wildman–Crippen MR) is 81.1 cm³/mol. The number of carbonyl (C=O) groups excluding carboxylic acids is 3. The molecule has 7 heteroatoms. The van der Waals surface area contributed by atoms with Crippen molar-refractivity contribution in [1.29, 1.82) is 0 Å². The van der Waals surface area contributed by atoms with Crippen LogP contribution in [-0.4, -0.2) is 17.8 Å². The number of imide groups is 2. The number of nitrogens with one attached hydrogen (secondary N) is 1. The SMILES string of the molecule is O=C1NC(=O)C2(CCCC2)C(=O)N1c1ccc(Br)c(Cl)c1. The van der Waals surface area contributed by atoms with Gasteiger partial charge in [-0.15, -0.1) is 0 Å². The monoisotopic (exact) mass is 370 g/mol. The number of urea groups is 1. The highest BCUT2D eigenvalue weighted by atomic mass is 79.9. The van der Waals surface area contributed by atoms with Crippen molar-refractivity contribution < 1.29 is 14.4 Å². The minimum absolute atomic E-state index is 0.365. The van der Waals surface area contributed by atoms with Crippen LogP contribution in [0.2, 0.25) is 5.02 Å². The van der Waals surface area contributed by atoms with E-state index in [1.807, 2.05) is 0 Å². The number of benzene rings is 1. The Labute approximate surface area is 134 Å². The molecule has 5 nitrogen and oxygen atoms in total. The van der Waals surface area contributed by atoms with Crippen molar-refractivity contribution in [2.75, 3.05) is 4.90 Å². The standard InChI is InChI=1S/C14H12BrClN2O3/c15-9-4-3-8(7-10(9)16)18-12(20)14(5-1-2-6-14)11(19)17-13(18)21/h3-4,7H,1-2,5-6H2,(H,17,19,21). The zero-order valence-corrected chi connectivity index (χ0v) is 13.3. The van der Waals surface area contributed by atoms with Gasteiger partial charge in [-0.1, -0.05) is 24.4 Å². The summed E-state index contributed by atoms with van der Waals surface area (Å²) in [6.45, 7) is 0. The number of carbonyl (C=O) groups is 3. The normalized spacial score (nSPS) is 21.0. The Morgan fingerprint density at radius 1 is 1.19 bits per heavy atom. The van der Waals surface area contributed by atoms with Crippen molar-refractivity contribution in [3.05, 3.63) is 27.7 Å². The van der Waals surface area contributed by atoms with Gasteiger partial charge >= 0.3 is 6.03 Å². The first kappa shape index (κ1) is 14.5. The summed E-state index contributed by atoms with van der Waals surface area (Å²) in [5.74, 6) is -0.929. The molecule has 0 unspecified atom stereocenters. The zero-order chi connectivity index (χ0) is 15.2. The van der Waals surface area contributed by atoms with Crippen LogP contribution in [0.25, 0.3) is 0 Å². The lowest BCUT2D eigenvalue weighted by atomic mass is 9.82. The summed E-state index contributed by atoms with van der Waals surface area (Å²) in [7, 11) is 0. The summed E-state index contributed by atoms with van der Waals surface area (Å²) in [5, 5.41) is 2.69. The van der Waals surface area contributed by atoms with E-state index in [4.69, 9.17) is 11.6 Å². The van der Waals surface area contributed by atoms with Gasteiger partial charge in [-0.2, -0.15) is 0 Å². The molecule has 1 aromatic carbocycles. The second-order valence-electron chi connectivity index (χ2n) is 5.29. The fourth-order valence-electron chi connectivity index (χ4n) is 2.95. The second kappa shape index (κ2) is 5.10. The molecule has 4 amide bonds. The lowest BCUT2D eigenvalue weighted by Gasteiger charge is -2.36. The first-order chi connectivity index (χ1) is 9.95. The van der Waals surface area contributed by atoms with E-state index in [2.05, 4.69) is 21.2 Å². The Bertz CT molecular complexity index is 656. The third-order valence-electron chi connectivity index (χ3n) is 4.09. The van der Waals surface area contributed by atoms with Crippen LogP contribution in [0.3, 0.4) is 0 Å². The van der Waals surface area contributed by atoms with E-state index in [0.717, 1.165) is 17.7 Å². The van der Waals surface area contributed by atoms with E-state index in [1.165, 1.54) is 6.07 Å². The van der Waals surface area contributed by atoms with Gasteiger partial charge in [-0.3, -0.25) is 14.9 Å². The predicted octanol–water partition coefficient (Wildman–Crippen LogP) is 3.25. The minimum atomic E-state index is -1.10. The van der Waals surface area contributed by atoms with Crippen LogP contribution in [-0.2, 0) is 9.59 Å². The molecule has 110 valence electrons. The maximum absolute atomic E-state index is 12.8. The van der Waals surface area contributed by atoms with Crippen LogP contribution >= 0.6 is 27.5 Å². The average molecular weight is 372 g/mol. The summed E-state index contributed by atoms with van der Waals surface area (Å²) < 4.78 is 0.671. The molecule has 1 heterocycles. The van der Waals surface area contributed by atoms with Crippen molar-refractivity contribution in [3.63, 3.8) is 0 Å². The van der Waals surface area contributed by atoms with Crippen LogP contribution < -0.4 is 10.2 Å². The Morgan fingerprint density at radius 2 is 1.86 bits per heavy atom. The molecule has 1 N–H and O–H groups in total. The van der Waals surface area contributed by atoms with Crippen molar-refractivity contribution in [1.82, 2.24) is 5.32 Å². The molecule has 0 radical (unpaired) electrons. The Kier molecular flexibility index (Phi) is 3.53. The Hall–Kier alpha value is -1.40. The maximum Gasteiger partial charge on any atom is 0.335 e. The number of hydrogen-bond donors (Lipinski definition) is 1. The molecule has 1 aliphatic heterocycles. The molecule has 1 saturated carbocycles. The molecule has 0 atom stereocenters. The van der Waals surface area contributed by atoms with Crippen LogP contribution in [0.5, 0.6) is 0 Å². The summed E-state index contributed by atoms with van der Waals surface area (Å²) in [4.78, 5) is 38.0. The summed E-state index contributed by atoms with van der Waals surface area (Å²) in [6.07, 6.45) is 2.57. The summed E-state index contributed by atoms with van der Waals surface area (Å²) in [6, 6.07) is 4.09. The average Bonchev–Trinajstić information content (AvgIpc) is 2.92. The van der Waals surface area contributed by atoms with Crippen molar-refractivity contribution in [2.45, 2.75) is 25.7 Å². The molecule has 2 aliphatic rings. The topological polar surface area (TPSA) is 66.5 Å². The first-order valence-electron chi connectivity index (χ1n) is 6.61. The summed E-state index contributed by atoms with van der Waals surface area (Å²) in [5.41, 5.74) is -0.738. The smallest absolute Gasteiger partial charge is 0.276 e. The highest BCUT2D eigenvalue weighted by molar-refractivity contribution is 9.10.